The Balaban J connectivity index is 0.000000605. The number of nitrogen functional groups attached to an aromatic ring is 1. The maximum absolute atomic E-state index is 5.35. The third-order valence-electron chi connectivity index (χ3n) is 1.32. The van der Waals surface area contributed by atoms with E-state index in [1.54, 1.807) is 12.4 Å². The summed E-state index contributed by atoms with van der Waals surface area (Å²) in [7, 11) is 0. The summed E-state index contributed by atoms with van der Waals surface area (Å²) < 4.78 is 0. The number of anilines is 1. The molecule has 0 atom stereocenters. The molecule has 11 heavy (non-hydrogen) atoms. The van der Waals surface area contributed by atoms with E-state index in [4.69, 9.17) is 5.73 Å². The predicted octanol–water partition coefficient (Wildman–Crippen LogP) is 0.962. The van der Waals surface area contributed by atoms with Gasteiger partial charge in [-0.25, -0.2) is 9.97 Å². The van der Waals surface area contributed by atoms with Gasteiger partial charge < -0.3 is 10.7 Å². The zero-order chi connectivity index (χ0) is 6.97. The topological polar surface area (TPSA) is 67.6 Å². The first-order chi connectivity index (χ1) is 4.86. The third-order valence-corrected chi connectivity index (χ3v) is 1.32. The summed E-state index contributed by atoms with van der Waals surface area (Å²) in [6, 6.07) is 1.85. The molecular weight excluding hydrogens is 164 g/mol. The van der Waals surface area contributed by atoms with Crippen molar-refractivity contribution in [3.8, 4) is 0 Å². The van der Waals surface area contributed by atoms with Gasteiger partial charge in [0, 0.05) is 6.20 Å². The van der Waals surface area contributed by atoms with Crippen LogP contribution >= 0.6 is 12.4 Å². The van der Waals surface area contributed by atoms with Crippen molar-refractivity contribution < 1.29 is 0 Å². The first-order valence-corrected chi connectivity index (χ1v) is 2.92. The third kappa shape index (κ3) is 1.25. The lowest BCUT2D eigenvalue weighted by Gasteiger charge is -1.88. The van der Waals surface area contributed by atoms with Crippen molar-refractivity contribution in [1.29, 1.82) is 0 Å². The Morgan fingerprint density at radius 2 is 2.27 bits per heavy atom. The number of nitrogens with two attached hydrogens (primary N) is 1. The van der Waals surface area contributed by atoms with Gasteiger partial charge in [0.25, 0.3) is 0 Å². The van der Waals surface area contributed by atoms with Crippen LogP contribution in [0.3, 0.4) is 0 Å². The number of nitrogens with one attached hydrogen (secondary N) is 1. The minimum Gasteiger partial charge on any atom is -0.368 e. The van der Waals surface area contributed by atoms with Gasteiger partial charge in [-0.1, -0.05) is 0 Å². The first kappa shape index (κ1) is 7.81. The molecule has 0 fully saturated rings. The Bertz CT molecular complexity index is 356. The minimum atomic E-state index is 0. The normalized spacial score (nSPS) is 9.45. The lowest BCUT2D eigenvalue weighted by molar-refractivity contribution is 1.23. The smallest absolute Gasteiger partial charge is 0.220 e. The maximum Gasteiger partial charge on any atom is 0.220 e. The van der Waals surface area contributed by atoms with E-state index in [2.05, 4.69) is 15.0 Å². The molecule has 0 saturated carbocycles. The van der Waals surface area contributed by atoms with Gasteiger partial charge in [-0.15, -0.1) is 12.4 Å². The molecule has 0 aliphatic carbocycles. The molecule has 0 radical (unpaired) electrons. The van der Waals surface area contributed by atoms with Gasteiger partial charge in [0.1, 0.15) is 0 Å². The molecule has 0 aliphatic rings. The summed E-state index contributed by atoms with van der Waals surface area (Å²) in [5.41, 5.74) is 7.11. The zero-order valence-corrected chi connectivity index (χ0v) is 6.43. The summed E-state index contributed by atoms with van der Waals surface area (Å²) in [5, 5.41) is 0. The number of H-pyrrole nitrogens is 1. The molecule has 0 aromatic carbocycles. The van der Waals surface area contributed by atoms with E-state index in [-0.39, 0.29) is 12.4 Å². The number of hydrogen-bond acceptors (Lipinski definition) is 3. The highest BCUT2D eigenvalue weighted by Crippen LogP contribution is 2.07. The van der Waals surface area contributed by atoms with Crippen LogP contribution in [0.25, 0.3) is 11.0 Å². The number of aromatic nitrogens is 3. The molecule has 0 aliphatic heterocycles. The van der Waals surface area contributed by atoms with E-state index >= 15 is 0 Å². The highest BCUT2D eigenvalue weighted by molar-refractivity contribution is 5.85. The quantitative estimate of drug-likeness (QED) is 0.619. The molecule has 0 bridgehead atoms. The molecule has 2 aromatic heterocycles. The van der Waals surface area contributed by atoms with Crippen molar-refractivity contribution in [3.05, 3.63) is 18.5 Å². The van der Waals surface area contributed by atoms with Gasteiger partial charge in [0.2, 0.25) is 5.95 Å². The second-order valence-corrected chi connectivity index (χ2v) is 2.00. The van der Waals surface area contributed by atoms with Crippen molar-refractivity contribution in [2.75, 3.05) is 5.73 Å². The van der Waals surface area contributed by atoms with E-state index in [1.165, 1.54) is 0 Å². The molecule has 0 saturated heterocycles. The molecule has 0 spiro atoms. The van der Waals surface area contributed by atoms with Crippen molar-refractivity contribution >= 4 is 29.4 Å². The Labute approximate surface area is 69.3 Å². The molecule has 0 amide bonds. The minimum absolute atomic E-state index is 0. The van der Waals surface area contributed by atoms with Gasteiger partial charge in [-0.3, -0.25) is 0 Å². The van der Waals surface area contributed by atoms with Gasteiger partial charge >= 0.3 is 0 Å². The number of nitrogens with zero attached hydrogens (tertiary/aromatic N) is 2. The molecule has 2 heterocycles. The summed E-state index contributed by atoms with van der Waals surface area (Å²) in [5.74, 6) is 0.312. The van der Waals surface area contributed by atoms with Crippen LogP contribution in [0.1, 0.15) is 0 Å². The maximum atomic E-state index is 5.35. The molecule has 3 N–H and O–H groups in total. The molecule has 4 nitrogen and oxygen atoms in total. The van der Waals surface area contributed by atoms with Crippen LogP contribution < -0.4 is 5.73 Å². The van der Waals surface area contributed by atoms with E-state index in [9.17, 15) is 0 Å². The average Bonchev–Trinajstić information content (AvgIpc) is 2.33. The van der Waals surface area contributed by atoms with Crippen LogP contribution in [0.5, 0.6) is 0 Å². The molecule has 58 valence electrons. The lowest BCUT2D eigenvalue weighted by atomic mass is 10.5. The predicted molar refractivity (Wildman–Crippen MR) is 45.5 cm³/mol. The summed E-state index contributed by atoms with van der Waals surface area (Å²) in [4.78, 5) is 10.8. The lowest BCUT2D eigenvalue weighted by Crippen LogP contribution is -1.92. The van der Waals surface area contributed by atoms with Crippen LogP contribution in [0.2, 0.25) is 0 Å². The van der Waals surface area contributed by atoms with Gasteiger partial charge in [-0.2, -0.15) is 0 Å². The Morgan fingerprint density at radius 3 is 3.09 bits per heavy atom. The van der Waals surface area contributed by atoms with E-state index in [0.29, 0.717) is 5.95 Å². The van der Waals surface area contributed by atoms with E-state index < -0.39 is 0 Å². The molecule has 2 rings (SSSR count). The van der Waals surface area contributed by atoms with Crippen LogP contribution in [0.15, 0.2) is 18.5 Å². The average molecular weight is 171 g/mol. The number of fused-ring (bicyclic) bond motifs is 1. The van der Waals surface area contributed by atoms with E-state index in [1.807, 2.05) is 6.07 Å². The fourth-order valence-electron chi connectivity index (χ4n) is 0.858. The highest BCUT2D eigenvalue weighted by atomic mass is 35.5. The highest BCUT2D eigenvalue weighted by Gasteiger charge is 1.94. The van der Waals surface area contributed by atoms with Crippen LogP contribution in [-0.2, 0) is 0 Å². The van der Waals surface area contributed by atoms with Crippen LogP contribution in [0, 0.1) is 0 Å². The Kier molecular flexibility index (Phi) is 1.96. The van der Waals surface area contributed by atoms with Gasteiger partial charge in [0.15, 0.2) is 0 Å². The molecule has 5 heteroatoms. The number of halogens is 1. The molecular formula is C6H7ClN4. The number of aromatic amines is 1. The standard InChI is InChI=1S/C6H6N4.ClH/c7-6-9-3-5-4(10-6)1-2-8-5;/h1-3,8H,(H2,7,9,10);1H. The number of hydrogen-bond donors (Lipinski definition) is 2. The fraction of sp³-hybridized carbons (Fsp3) is 0. The van der Waals surface area contributed by atoms with Gasteiger partial charge in [0.05, 0.1) is 17.2 Å². The van der Waals surface area contributed by atoms with Gasteiger partial charge in [-0.05, 0) is 6.07 Å². The molecule has 0 unspecified atom stereocenters. The summed E-state index contributed by atoms with van der Waals surface area (Å²) >= 11 is 0. The Hall–Kier alpha value is -1.29. The van der Waals surface area contributed by atoms with Crippen molar-refractivity contribution in [2.24, 2.45) is 0 Å². The second kappa shape index (κ2) is 2.75. The van der Waals surface area contributed by atoms with Crippen LogP contribution in [-0.4, -0.2) is 15.0 Å². The van der Waals surface area contributed by atoms with Crippen molar-refractivity contribution in [3.63, 3.8) is 0 Å². The first-order valence-electron chi connectivity index (χ1n) is 2.92. The zero-order valence-electron chi connectivity index (χ0n) is 5.61. The Morgan fingerprint density at radius 1 is 1.45 bits per heavy atom. The SMILES string of the molecule is Cl.Nc1ncc2[nH]ccc2n1. The molecule has 2 aromatic rings. The van der Waals surface area contributed by atoms with Crippen molar-refractivity contribution in [2.45, 2.75) is 0 Å². The summed E-state index contributed by atoms with van der Waals surface area (Å²) in [6.45, 7) is 0. The van der Waals surface area contributed by atoms with Crippen molar-refractivity contribution in [1.82, 2.24) is 15.0 Å². The second-order valence-electron chi connectivity index (χ2n) is 2.00. The monoisotopic (exact) mass is 170 g/mol. The largest absolute Gasteiger partial charge is 0.368 e. The summed E-state index contributed by atoms with van der Waals surface area (Å²) in [6.07, 6.45) is 3.47. The van der Waals surface area contributed by atoms with E-state index in [0.717, 1.165) is 11.0 Å². The fourth-order valence-corrected chi connectivity index (χ4v) is 0.858. The van der Waals surface area contributed by atoms with Crippen LogP contribution in [0.4, 0.5) is 5.95 Å². The number of rotatable bonds is 0.